The molecular weight excluding hydrogens is 340 g/mol. The van der Waals surface area contributed by atoms with Crippen molar-refractivity contribution in [2.45, 2.75) is 4.59 Å². The van der Waals surface area contributed by atoms with Gasteiger partial charge >= 0.3 is 25.4 Å². The fourth-order valence-electron chi connectivity index (χ4n) is 0.347. The van der Waals surface area contributed by atoms with Crippen LogP contribution in [0.5, 0.6) is 0 Å². The highest BCUT2D eigenvalue weighted by Gasteiger charge is 2.48. The van der Waals surface area contributed by atoms with Gasteiger partial charge in [-0.3, -0.25) is 0 Å². The van der Waals surface area contributed by atoms with Crippen LogP contribution in [0.15, 0.2) is 0 Å². The van der Waals surface area contributed by atoms with Crippen molar-refractivity contribution in [3.63, 3.8) is 0 Å². The van der Waals surface area contributed by atoms with Crippen LogP contribution in [0.4, 0.5) is 16.6 Å². The van der Waals surface area contributed by atoms with Crippen molar-refractivity contribution in [1.82, 2.24) is 8.25 Å². The Balaban J connectivity index is 5.03. The van der Waals surface area contributed by atoms with E-state index in [0.717, 1.165) is 0 Å². The summed E-state index contributed by atoms with van der Waals surface area (Å²) in [6.45, 7) is 0. The molecular formula is CH2F4N2O6S4. The number of hydrogen-bond donors (Lipinski definition) is 2. The van der Waals surface area contributed by atoms with Gasteiger partial charge in [0.15, 0.2) is 22.0 Å². The topological polar surface area (TPSA) is 126 Å². The summed E-state index contributed by atoms with van der Waals surface area (Å²) >= 11 is 0. The lowest BCUT2D eigenvalue weighted by Gasteiger charge is -2.12. The minimum absolute atomic E-state index is 0.203. The Hall–Kier alpha value is -0.160. The largest absolute Gasteiger partial charge is 0.424 e. The molecule has 0 aliphatic heterocycles. The van der Waals surface area contributed by atoms with E-state index in [0.29, 0.717) is 0 Å². The molecule has 0 heterocycles. The molecule has 0 amide bonds. The van der Waals surface area contributed by atoms with Crippen molar-refractivity contribution < 1.29 is 41.8 Å². The second kappa shape index (κ2) is 5.22. The van der Waals surface area contributed by atoms with E-state index in [-0.39, 0.29) is 8.25 Å². The smallest absolute Gasteiger partial charge is 0.234 e. The number of rotatable bonds is 6. The van der Waals surface area contributed by atoms with E-state index < -0.39 is 47.4 Å². The van der Waals surface area contributed by atoms with E-state index >= 15 is 0 Å². The van der Waals surface area contributed by atoms with Crippen LogP contribution < -0.4 is 8.25 Å². The molecule has 0 aromatic rings. The molecule has 104 valence electrons. The summed E-state index contributed by atoms with van der Waals surface area (Å²) in [7, 11) is -19.8. The molecule has 0 aliphatic carbocycles. The molecule has 17 heavy (non-hydrogen) atoms. The van der Waals surface area contributed by atoms with Crippen LogP contribution in [-0.4, -0.2) is 29.8 Å². The Morgan fingerprint density at radius 2 is 1.06 bits per heavy atom. The number of halogens is 4. The van der Waals surface area contributed by atoms with Gasteiger partial charge in [-0.15, -0.1) is 0 Å². The monoisotopic (exact) mass is 342 g/mol. The first-order valence-electron chi connectivity index (χ1n) is 2.91. The fraction of sp³-hybridized carbons (Fsp3) is 1.00. The molecule has 2 N–H and O–H groups in total. The summed E-state index contributed by atoms with van der Waals surface area (Å²) < 4.78 is 104. The van der Waals surface area contributed by atoms with Gasteiger partial charge in [0.2, 0.25) is 0 Å². The van der Waals surface area contributed by atoms with E-state index in [1.54, 1.807) is 0 Å². The van der Waals surface area contributed by atoms with E-state index in [1.807, 2.05) is 0 Å². The predicted octanol–water partition coefficient (Wildman–Crippen LogP) is -1.53. The lowest BCUT2D eigenvalue weighted by molar-refractivity contribution is 0.195. The summed E-state index contributed by atoms with van der Waals surface area (Å²) in [4.78, 5) is 0. The van der Waals surface area contributed by atoms with Gasteiger partial charge in [-0.1, -0.05) is 16.0 Å². The summed E-state index contributed by atoms with van der Waals surface area (Å²) in [6.07, 6.45) is 0. The van der Waals surface area contributed by atoms with Crippen LogP contribution in [0.2, 0.25) is 0 Å². The first kappa shape index (κ1) is 16.8. The fourth-order valence-corrected chi connectivity index (χ4v) is 3.73. The second-order valence-electron chi connectivity index (χ2n) is 2.04. The Bertz CT molecular complexity index is 488. The first-order chi connectivity index (χ1) is 7.26. The first-order valence-corrected chi connectivity index (χ1v) is 7.98. The molecule has 2 unspecified atom stereocenters. The standard InChI is InChI=1S/CH2F4N2O6S4/c2-1(3,14(8)6-16(4,10)11)15(9)7-17(5,12)13/h6-7H. The van der Waals surface area contributed by atoms with Gasteiger partial charge in [-0.25, -0.2) is 8.42 Å². The third-order valence-electron chi connectivity index (χ3n) is 0.782. The van der Waals surface area contributed by atoms with Gasteiger partial charge in [0.1, 0.15) is 0 Å². The van der Waals surface area contributed by atoms with Crippen LogP contribution in [0.25, 0.3) is 0 Å². The normalized spacial score (nSPS) is 17.6. The molecule has 0 aromatic carbocycles. The summed E-state index contributed by atoms with van der Waals surface area (Å²) in [5.41, 5.74) is 0. The molecule has 16 heteroatoms. The van der Waals surface area contributed by atoms with Crippen molar-refractivity contribution in [1.29, 1.82) is 0 Å². The lowest BCUT2D eigenvalue weighted by Crippen LogP contribution is -2.44. The zero-order valence-corrected chi connectivity index (χ0v) is 10.4. The number of hydrogen-bond acceptors (Lipinski definition) is 6. The average molecular weight is 342 g/mol. The van der Waals surface area contributed by atoms with Crippen LogP contribution in [0.3, 0.4) is 0 Å². The van der Waals surface area contributed by atoms with E-state index in [9.17, 15) is 41.8 Å². The molecule has 0 aromatic heterocycles. The Morgan fingerprint density at radius 3 is 1.24 bits per heavy atom. The Labute approximate surface area is 97.6 Å². The molecule has 8 nitrogen and oxygen atoms in total. The molecule has 0 saturated carbocycles. The maximum Gasteiger partial charge on any atom is 0.424 e. The van der Waals surface area contributed by atoms with Gasteiger partial charge < -0.3 is 0 Å². The molecule has 0 spiro atoms. The highest BCUT2D eigenvalue weighted by atomic mass is 32.3. The number of nitrogens with one attached hydrogen (secondary N) is 2. The van der Waals surface area contributed by atoms with Crippen molar-refractivity contribution >= 4 is 42.8 Å². The summed E-state index contributed by atoms with van der Waals surface area (Å²) in [6, 6.07) is 0. The molecule has 0 rings (SSSR count). The zero-order valence-electron chi connectivity index (χ0n) is 7.09. The molecule has 2 atom stereocenters. The summed E-state index contributed by atoms with van der Waals surface area (Å²) in [5.74, 6) is 0. The van der Waals surface area contributed by atoms with Crippen molar-refractivity contribution in [2.24, 2.45) is 0 Å². The maximum absolute atomic E-state index is 12.7. The lowest BCUT2D eigenvalue weighted by atomic mass is 11.6. The number of alkyl halides is 2. The third kappa shape index (κ3) is 6.36. The predicted molar refractivity (Wildman–Crippen MR) is 47.6 cm³/mol. The minimum atomic E-state index is -5.82. The van der Waals surface area contributed by atoms with E-state index in [1.165, 1.54) is 0 Å². The minimum Gasteiger partial charge on any atom is -0.234 e. The van der Waals surface area contributed by atoms with E-state index in [2.05, 4.69) is 0 Å². The maximum atomic E-state index is 12.7. The second-order valence-corrected chi connectivity index (χ2v) is 7.49. The summed E-state index contributed by atoms with van der Waals surface area (Å²) in [5, 5.41) is 0. The SMILES string of the molecule is O=S(NS(=O)(=O)F)C(F)(F)S(=O)NS(=O)(=O)F. The van der Waals surface area contributed by atoms with Crippen molar-refractivity contribution in [3.8, 4) is 0 Å². The quantitative estimate of drug-likeness (QED) is 0.445. The van der Waals surface area contributed by atoms with Crippen molar-refractivity contribution in [3.05, 3.63) is 0 Å². The molecule has 0 saturated heterocycles. The van der Waals surface area contributed by atoms with Gasteiger partial charge in [0.05, 0.1) is 0 Å². The van der Waals surface area contributed by atoms with Crippen molar-refractivity contribution in [2.75, 3.05) is 0 Å². The van der Waals surface area contributed by atoms with Gasteiger partial charge in [0.25, 0.3) is 0 Å². The van der Waals surface area contributed by atoms with Gasteiger partial charge in [-0.05, 0) is 0 Å². The van der Waals surface area contributed by atoms with Crippen LogP contribution in [0, 0.1) is 0 Å². The molecule has 0 bridgehead atoms. The van der Waals surface area contributed by atoms with Gasteiger partial charge in [0, 0.05) is 0 Å². The Kier molecular flexibility index (Phi) is 5.18. The Morgan fingerprint density at radius 1 is 0.824 bits per heavy atom. The third-order valence-corrected chi connectivity index (χ3v) is 5.36. The van der Waals surface area contributed by atoms with Crippen LogP contribution >= 0.6 is 0 Å². The highest BCUT2D eigenvalue weighted by molar-refractivity contribution is 8.10. The van der Waals surface area contributed by atoms with Gasteiger partial charge in [-0.2, -0.15) is 25.6 Å². The molecule has 0 fully saturated rings. The highest BCUT2D eigenvalue weighted by Crippen LogP contribution is 2.22. The van der Waals surface area contributed by atoms with Crippen LogP contribution in [0.1, 0.15) is 0 Å². The van der Waals surface area contributed by atoms with E-state index in [4.69, 9.17) is 0 Å². The zero-order chi connectivity index (χ0) is 14.1. The molecule has 0 aliphatic rings. The average Bonchev–Trinajstić information content (AvgIpc) is 1.96. The molecule has 0 radical (unpaired) electrons. The van der Waals surface area contributed by atoms with Crippen LogP contribution in [-0.2, 0) is 42.8 Å².